The van der Waals surface area contributed by atoms with E-state index >= 15 is 0 Å². The second-order valence-corrected chi connectivity index (χ2v) is 6.17. The van der Waals surface area contributed by atoms with Crippen LogP contribution in [0.15, 0.2) is 36.0 Å². The molecule has 0 spiro atoms. The van der Waals surface area contributed by atoms with E-state index in [0.29, 0.717) is 11.7 Å². The van der Waals surface area contributed by atoms with Crippen molar-refractivity contribution in [3.05, 3.63) is 53.0 Å². The molecule has 5 heteroatoms. The van der Waals surface area contributed by atoms with E-state index in [2.05, 4.69) is 28.7 Å². The van der Waals surface area contributed by atoms with Crippen LogP contribution in [0.25, 0.3) is 6.08 Å². The number of carbonyl (C=O) groups is 1. The Bertz CT molecular complexity index is 795. The van der Waals surface area contributed by atoms with E-state index in [4.69, 9.17) is 0 Å². The van der Waals surface area contributed by atoms with Gasteiger partial charge in [0.15, 0.2) is 0 Å². The molecule has 1 N–H and O–H groups in total. The fourth-order valence-electron chi connectivity index (χ4n) is 2.54. The van der Waals surface area contributed by atoms with Crippen molar-refractivity contribution in [2.75, 3.05) is 5.32 Å². The van der Waals surface area contributed by atoms with Gasteiger partial charge in [-0.2, -0.15) is 5.26 Å². The van der Waals surface area contributed by atoms with Gasteiger partial charge in [0.2, 0.25) is 0 Å². The van der Waals surface area contributed by atoms with E-state index in [0.717, 1.165) is 23.5 Å². The van der Waals surface area contributed by atoms with Gasteiger partial charge in [-0.15, -0.1) is 0 Å². The Balaban J connectivity index is 2.28. The Morgan fingerprint density at radius 2 is 2.17 bits per heavy atom. The normalized spacial score (nSPS) is 11.4. The monoisotopic (exact) mass is 322 g/mol. The van der Waals surface area contributed by atoms with Crippen LogP contribution in [0.1, 0.15) is 30.8 Å². The first-order valence-corrected chi connectivity index (χ1v) is 7.93. The Hall–Kier alpha value is -2.87. The van der Waals surface area contributed by atoms with Gasteiger partial charge in [-0.1, -0.05) is 19.9 Å². The van der Waals surface area contributed by atoms with Crippen LogP contribution < -0.4 is 5.32 Å². The average molecular weight is 322 g/mol. The van der Waals surface area contributed by atoms with Gasteiger partial charge in [0, 0.05) is 24.1 Å². The molecule has 0 aromatic carbocycles. The molecule has 24 heavy (non-hydrogen) atoms. The molecule has 2 heterocycles. The first kappa shape index (κ1) is 17.5. The molecule has 0 saturated carbocycles. The molecule has 5 nitrogen and oxygen atoms in total. The van der Waals surface area contributed by atoms with Crippen molar-refractivity contribution in [3.63, 3.8) is 0 Å². The maximum absolute atomic E-state index is 12.3. The van der Waals surface area contributed by atoms with E-state index < -0.39 is 5.91 Å². The van der Waals surface area contributed by atoms with Crippen molar-refractivity contribution in [3.8, 4) is 6.07 Å². The molecule has 0 aliphatic rings. The van der Waals surface area contributed by atoms with Crippen LogP contribution in [0.3, 0.4) is 0 Å². The molecule has 0 bridgehead atoms. The van der Waals surface area contributed by atoms with Crippen molar-refractivity contribution < 1.29 is 4.79 Å². The number of amides is 1. The molecule has 1 amide bonds. The first-order valence-electron chi connectivity index (χ1n) is 7.93. The second kappa shape index (κ2) is 7.60. The standard InChI is InChI=1S/C19H22N4O/c1-13(2)12-23-14(3)9-16(15(23)4)10-17(11-20)19(24)22-18-7-5-6-8-21-18/h5-10,13H,12H2,1-4H3,(H,21,22,24)/b17-10+. The lowest BCUT2D eigenvalue weighted by molar-refractivity contribution is -0.112. The minimum Gasteiger partial charge on any atom is -0.348 e. The third-order valence-electron chi connectivity index (χ3n) is 3.73. The van der Waals surface area contributed by atoms with Crippen molar-refractivity contribution in [2.24, 2.45) is 5.92 Å². The lowest BCUT2D eigenvalue weighted by atomic mass is 10.1. The lowest BCUT2D eigenvalue weighted by Gasteiger charge is -2.12. The molecule has 124 valence electrons. The highest BCUT2D eigenvalue weighted by molar-refractivity contribution is 6.09. The third-order valence-corrected chi connectivity index (χ3v) is 3.73. The van der Waals surface area contributed by atoms with Gasteiger partial charge < -0.3 is 9.88 Å². The number of nitrogens with zero attached hydrogens (tertiary/aromatic N) is 3. The largest absolute Gasteiger partial charge is 0.348 e. The lowest BCUT2D eigenvalue weighted by Crippen LogP contribution is -2.14. The number of aryl methyl sites for hydroxylation is 1. The van der Waals surface area contributed by atoms with Crippen LogP contribution >= 0.6 is 0 Å². The van der Waals surface area contributed by atoms with Crippen LogP contribution in [0.4, 0.5) is 5.82 Å². The van der Waals surface area contributed by atoms with Gasteiger partial charge in [0.05, 0.1) is 0 Å². The Morgan fingerprint density at radius 1 is 1.42 bits per heavy atom. The maximum atomic E-state index is 12.3. The fraction of sp³-hybridized carbons (Fsp3) is 0.316. The number of carbonyl (C=O) groups excluding carboxylic acids is 1. The summed E-state index contributed by atoms with van der Waals surface area (Å²) in [6.45, 7) is 9.28. The highest BCUT2D eigenvalue weighted by atomic mass is 16.1. The van der Waals surface area contributed by atoms with Crippen molar-refractivity contribution >= 4 is 17.8 Å². The van der Waals surface area contributed by atoms with Crippen LogP contribution in [0.2, 0.25) is 0 Å². The van der Waals surface area contributed by atoms with E-state index in [1.165, 1.54) is 0 Å². The van der Waals surface area contributed by atoms with Crippen LogP contribution in [-0.4, -0.2) is 15.5 Å². The number of hydrogen-bond acceptors (Lipinski definition) is 3. The summed E-state index contributed by atoms with van der Waals surface area (Å²) in [5, 5.41) is 12.0. The molecule has 2 aromatic heterocycles. The number of aromatic nitrogens is 2. The predicted octanol–water partition coefficient (Wildman–Crippen LogP) is 3.70. The summed E-state index contributed by atoms with van der Waals surface area (Å²) in [7, 11) is 0. The topological polar surface area (TPSA) is 70.7 Å². The third kappa shape index (κ3) is 4.11. The highest BCUT2D eigenvalue weighted by Crippen LogP contribution is 2.20. The average Bonchev–Trinajstić information content (AvgIpc) is 2.80. The smallest absolute Gasteiger partial charge is 0.267 e. The molecule has 2 rings (SSSR count). The van der Waals surface area contributed by atoms with Gasteiger partial charge in [-0.05, 0) is 49.6 Å². The van der Waals surface area contributed by atoms with Crippen molar-refractivity contribution in [1.82, 2.24) is 9.55 Å². The molecule has 0 aliphatic carbocycles. The van der Waals surface area contributed by atoms with Crippen LogP contribution in [0, 0.1) is 31.1 Å². The summed E-state index contributed by atoms with van der Waals surface area (Å²) in [6, 6.07) is 9.20. The molecular formula is C19H22N4O. The number of anilines is 1. The Labute approximate surface area is 142 Å². The van der Waals surface area contributed by atoms with Gasteiger partial charge in [0.1, 0.15) is 17.5 Å². The predicted molar refractivity (Wildman–Crippen MR) is 95.2 cm³/mol. The molecule has 2 aromatic rings. The van der Waals surface area contributed by atoms with E-state index in [-0.39, 0.29) is 5.57 Å². The fourth-order valence-corrected chi connectivity index (χ4v) is 2.54. The summed E-state index contributed by atoms with van der Waals surface area (Å²) < 4.78 is 2.21. The van der Waals surface area contributed by atoms with E-state index in [9.17, 15) is 10.1 Å². The zero-order valence-corrected chi connectivity index (χ0v) is 14.5. The van der Waals surface area contributed by atoms with E-state index in [1.807, 2.05) is 26.0 Å². The SMILES string of the molecule is Cc1cc(/C=C(\C#N)C(=O)Nc2ccccn2)c(C)n1CC(C)C. The second-order valence-electron chi connectivity index (χ2n) is 6.17. The minimum atomic E-state index is -0.454. The maximum Gasteiger partial charge on any atom is 0.267 e. The molecule has 0 aliphatic heterocycles. The first-order chi connectivity index (χ1) is 11.4. The highest BCUT2D eigenvalue weighted by Gasteiger charge is 2.13. The number of hydrogen-bond donors (Lipinski definition) is 1. The number of pyridine rings is 1. The van der Waals surface area contributed by atoms with Gasteiger partial charge >= 0.3 is 0 Å². The Kier molecular flexibility index (Phi) is 5.54. The number of rotatable bonds is 5. The summed E-state index contributed by atoms with van der Waals surface area (Å²) in [6.07, 6.45) is 3.22. The summed E-state index contributed by atoms with van der Waals surface area (Å²) in [4.78, 5) is 16.3. The quantitative estimate of drug-likeness (QED) is 0.674. The summed E-state index contributed by atoms with van der Waals surface area (Å²) >= 11 is 0. The number of nitrogens with one attached hydrogen (secondary N) is 1. The zero-order valence-electron chi connectivity index (χ0n) is 14.5. The minimum absolute atomic E-state index is 0.0606. The summed E-state index contributed by atoms with van der Waals surface area (Å²) in [5.41, 5.74) is 3.13. The van der Waals surface area contributed by atoms with Gasteiger partial charge in [0.25, 0.3) is 5.91 Å². The van der Waals surface area contributed by atoms with Crippen LogP contribution in [0.5, 0.6) is 0 Å². The molecular weight excluding hydrogens is 300 g/mol. The van der Waals surface area contributed by atoms with E-state index in [1.54, 1.807) is 30.5 Å². The Morgan fingerprint density at radius 3 is 2.75 bits per heavy atom. The molecule has 0 saturated heterocycles. The number of nitriles is 1. The zero-order chi connectivity index (χ0) is 17.7. The van der Waals surface area contributed by atoms with Crippen molar-refractivity contribution in [2.45, 2.75) is 34.2 Å². The van der Waals surface area contributed by atoms with Gasteiger partial charge in [-0.3, -0.25) is 4.79 Å². The molecule has 0 radical (unpaired) electrons. The van der Waals surface area contributed by atoms with Gasteiger partial charge in [-0.25, -0.2) is 4.98 Å². The van der Waals surface area contributed by atoms with Crippen LogP contribution in [-0.2, 0) is 11.3 Å². The molecule has 0 fully saturated rings. The van der Waals surface area contributed by atoms with Crippen molar-refractivity contribution in [1.29, 1.82) is 5.26 Å². The molecule has 0 atom stereocenters. The molecule has 0 unspecified atom stereocenters. The summed E-state index contributed by atoms with van der Waals surface area (Å²) in [5.74, 6) is 0.494.